The van der Waals surface area contributed by atoms with Gasteiger partial charge in [0.05, 0.1) is 0 Å². The van der Waals surface area contributed by atoms with Crippen molar-refractivity contribution in [1.29, 1.82) is 0 Å². The molecule has 0 atom stereocenters. The van der Waals surface area contributed by atoms with Gasteiger partial charge in [-0.25, -0.2) is 0 Å². The summed E-state index contributed by atoms with van der Waals surface area (Å²) in [5, 5.41) is 0. The van der Waals surface area contributed by atoms with Crippen LogP contribution in [-0.4, -0.2) is 0 Å². The Hall–Kier alpha value is -7.80. The van der Waals surface area contributed by atoms with Crippen molar-refractivity contribution in [3.05, 3.63) is 322 Å². The van der Waals surface area contributed by atoms with Gasteiger partial charge in [0.1, 0.15) is 0 Å². The van der Waals surface area contributed by atoms with E-state index in [1.807, 2.05) is 18.2 Å². The predicted octanol–water partition coefficient (Wildman–Crippen LogP) is 15.9. The lowest BCUT2D eigenvalue weighted by Gasteiger charge is -2.18. The van der Waals surface area contributed by atoms with Crippen LogP contribution >= 0.6 is 0 Å². The highest BCUT2D eigenvalue weighted by atomic mass is 14.2. The fourth-order valence-corrected chi connectivity index (χ4v) is 7.70. The summed E-state index contributed by atoms with van der Waals surface area (Å²) in [6, 6.07) is 92.5. The smallest absolute Gasteiger partial charge is 0.00268 e. The van der Waals surface area contributed by atoms with E-state index in [-0.39, 0.29) is 0 Å². The van der Waals surface area contributed by atoms with Crippen molar-refractivity contribution in [3.63, 3.8) is 0 Å². The van der Waals surface area contributed by atoms with Crippen molar-refractivity contribution in [1.82, 2.24) is 0 Å². The van der Waals surface area contributed by atoms with E-state index in [4.69, 9.17) is 0 Å². The largest absolute Gasteiger partial charge is 0.0622 e. The molecule has 0 unspecified atom stereocenters. The number of benzene rings is 9. The normalized spacial score (nSPS) is 10.6. The summed E-state index contributed by atoms with van der Waals surface area (Å²) in [6.45, 7) is 2.08. The van der Waals surface area contributed by atoms with Crippen molar-refractivity contribution in [2.45, 2.75) is 6.92 Å². The molecule has 0 aromatic heterocycles. The predicted molar refractivity (Wildman–Crippen MR) is 262 cm³/mol. The number of hydrogen-bond acceptors (Lipinski definition) is 0. The Morgan fingerprint density at radius 3 is 0.574 bits per heavy atom. The quantitative estimate of drug-likeness (QED) is 0.121. The third-order valence-corrected chi connectivity index (χ3v) is 10.7. The van der Waals surface area contributed by atoms with Crippen molar-refractivity contribution in [2.24, 2.45) is 0 Å². The fraction of sp³-hybridized carbons (Fsp3) is 0.0164. The Bertz CT molecular complexity index is 2540. The zero-order chi connectivity index (χ0) is 41.5. The third kappa shape index (κ3) is 10.3. The molecule has 292 valence electrons. The number of hydrogen-bond donors (Lipinski definition) is 0. The molecule has 0 fully saturated rings. The molecule has 0 heteroatoms. The zero-order valence-electron chi connectivity index (χ0n) is 34.5. The molecule has 0 aliphatic rings. The molecular formula is C61H48. The Morgan fingerprint density at radius 2 is 0.393 bits per heavy atom. The van der Waals surface area contributed by atoms with Crippen LogP contribution in [0.4, 0.5) is 0 Å². The van der Waals surface area contributed by atoms with Crippen LogP contribution in [0.25, 0.3) is 34.4 Å². The molecule has 0 N–H and O–H groups in total. The van der Waals surface area contributed by atoms with Crippen LogP contribution in [0.2, 0.25) is 0 Å². The second-order valence-corrected chi connectivity index (χ2v) is 14.9. The van der Waals surface area contributed by atoms with E-state index in [2.05, 4.69) is 262 Å². The summed E-state index contributed by atoms with van der Waals surface area (Å²) < 4.78 is 0. The van der Waals surface area contributed by atoms with Crippen molar-refractivity contribution in [2.75, 3.05) is 0 Å². The van der Waals surface area contributed by atoms with E-state index < -0.39 is 0 Å². The van der Waals surface area contributed by atoms with Crippen LogP contribution in [0, 0.1) is 6.92 Å². The maximum atomic E-state index is 2.25. The van der Waals surface area contributed by atoms with Gasteiger partial charge in [-0.1, -0.05) is 279 Å². The first-order valence-electron chi connectivity index (χ1n) is 20.9. The van der Waals surface area contributed by atoms with Crippen molar-refractivity contribution < 1.29 is 0 Å². The highest BCUT2D eigenvalue weighted by molar-refractivity contribution is 6.05. The fourth-order valence-electron chi connectivity index (χ4n) is 7.70. The molecule has 0 spiro atoms. The Morgan fingerprint density at radius 1 is 0.213 bits per heavy atom. The summed E-state index contributed by atoms with van der Waals surface area (Å²) in [4.78, 5) is 0. The van der Waals surface area contributed by atoms with E-state index in [0.29, 0.717) is 0 Å². The van der Waals surface area contributed by atoms with Crippen LogP contribution in [0.5, 0.6) is 0 Å². The molecule has 0 bridgehead atoms. The Kier molecular flexibility index (Phi) is 13.3. The van der Waals surface area contributed by atoms with Gasteiger partial charge in [0.25, 0.3) is 0 Å². The molecule has 0 aliphatic heterocycles. The lowest BCUT2D eigenvalue weighted by Crippen LogP contribution is -1.97. The average molecular weight is 781 g/mol. The molecule has 0 radical (unpaired) electrons. The molecule has 0 nitrogen and oxygen atoms in total. The number of aryl methyl sites for hydroxylation is 1. The van der Waals surface area contributed by atoms with Crippen LogP contribution in [0.15, 0.2) is 261 Å². The molecule has 0 saturated heterocycles. The maximum Gasteiger partial charge on any atom is -0.00268 e. The number of rotatable bonds is 10. The Balaban J connectivity index is 0.000000668. The van der Waals surface area contributed by atoms with Crippen LogP contribution in [0.1, 0.15) is 61.2 Å². The summed E-state index contributed by atoms with van der Waals surface area (Å²) in [5.41, 5.74) is 18.0. The van der Waals surface area contributed by atoms with Gasteiger partial charge >= 0.3 is 0 Å². The minimum Gasteiger partial charge on any atom is -0.0622 e. The van der Waals surface area contributed by atoms with Crippen LogP contribution in [-0.2, 0) is 0 Å². The van der Waals surface area contributed by atoms with E-state index >= 15 is 0 Å². The second kappa shape index (κ2) is 20.3. The summed E-state index contributed by atoms with van der Waals surface area (Å²) in [6.07, 6.45) is 4.40. The molecule has 9 aromatic carbocycles. The van der Waals surface area contributed by atoms with Gasteiger partial charge in [0.15, 0.2) is 0 Å². The summed E-state index contributed by atoms with van der Waals surface area (Å²) in [5.74, 6) is 0. The van der Waals surface area contributed by atoms with E-state index in [0.717, 1.165) is 11.1 Å². The van der Waals surface area contributed by atoms with Gasteiger partial charge in [0.2, 0.25) is 0 Å². The first kappa shape index (κ1) is 40.0. The summed E-state index contributed by atoms with van der Waals surface area (Å²) >= 11 is 0. The highest BCUT2D eigenvalue weighted by Gasteiger charge is 2.17. The van der Waals surface area contributed by atoms with Crippen molar-refractivity contribution in [3.8, 4) is 0 Å². The first-order chi connectivity index (χ1) is 30.2. The topological polar surface area (TPSA) is 0 Å². The van der Waals surface area contributed by atoms with E-state index in [9.17, 15) is 0 Å². The maximum absolute atomic E-state index is 2.25. The lowest BCUT2D eigenvalue weighted by molar-refractivity contribution is 1.48. The molecule has 0 amide bonds. The van der Waals surface area contributed by atoms with Crippen molar-refractivity contribution >= 4 is 34.4 Å². The van der Waals surface area contributed by atoms with E-state index in [1.54, 1.807) is 0 Å². The zero-order valence-corrected chi connectivity index (χ0v) is 34.5. The molecule has 61 heavy (non-hydrogen) atoms. The second-order valence-electron chi connectivity index (χ2n) is 14.9. The van der Waals surface area contributed by atoms with Crippen LogP contribution < -0.4 is 0 Å². The standard InChI is InChI=1S/C54H40.C7H8/c1-7-19-43(20-8-1)51(44-21-9-2-10-22-44)53(47-27-15-5-16-28-47)49-37-33-41(34-38-49)31-32-42-35-39-50(40-36-42)54(48-29-17-6-18-30-48)52(45-23-11-3-12-24-45)46-25-13-4-14-26-46;1-7-5-3-2-4-6-7/h1-40H;2-6H,1H3/b32-31+;. The monoisotopic (exact) mass is 780 g/mol. The minimum absolute atomic E-state index is 1.15. The SMILES string of the molecule is C(=C\c1ccc(C(=C(c2ccccc2)c2ccccc2)c2ccccc2)cc1)/c1ccc(C(=C(c2ccccc2)c2ccccc2)c2ccccc2)cc1.Cc1ccccc1. The molecular weight excluding hydrogens is 733 g/mol. The van der Waals surface area contributed by atoms with Gasteiger partial charge in [-0.3, -0.25) is 0 Å². The highest BCUT2D eigenvalue weighted by Crippen LogP contribution is 2.38. The summed E-state index contributed by atoms with van der Waals surface area (Å²) in [7, 11) is 0. The molecule has 9 aromatic rings. The van der Waals surface area contributed by atoms with Gasteiger partial charge < -0.3 is 0 Å². The molecule has 9 rings (SSSR count). The first-order valence-corrected chi connectivity index (χ1v) is 20.9. The molecule has 0 heterocycles. The third-order valence-electron chi connectivity index (χ3n) is 10.7. The van der Waals surface area contributed by atoms with Crippen LogP contribution in [0.3, 0.4) is 0 Å². The van der Waals surface area contributed by atoms with Gasteiger partial charge in [-0.05, 0) is 84.9 Å². The minimum atomic E-state index is 1.15. The van der Waals surface area contributed by atoms with Gasteiger partial charge in [-0.2, -0.15) is 0 Å². The average Bonchev–Trinajstić information content (AvgIpc) is 3.34. The lowest BCUT2D eigenvalue weighted by atomic mass is 9.85. The molecule has 0 aliphatic carbocycles. The Labute approximate surface area is 361 Å². The van der Waals surface area contributed by atoms with Gasteiger partial charge in [-0.15, -0.1) is 0 Å². The van der Waals surface area contributed by atoms with Gasteiger partial charge in [0, 0.05) is 0 Å². The van der Waals surface area contributed by atoms with E-state index in [1.165, 1.54) is 72.4 Å². The molecule has 0 saturated carbocycles.